The van der Waals surface area contributed by atoms with Crippen molar-refractivity contribution in [3.63, 3.8) is 0 Å². The fourth-order valence-corrected chi connectivity index (χ4v) is 2.94. The quantitative estimate of drug-likeness (QED) is 0.265. The molecule has 1 unspecified atom stereocenters. The highest BCUT2D eigenvalue weighted by molar-refractivity contribution is 6.21. The maximum Gasteiger partial charge on any atom is 0.347 e. The minimum Gasteiger partial charge on any atom is -0.479 e. The molecule has 6 N–H and O–H groups in total. The van der Waals surface area contributed by atoms with Gasteiger partial charge in [0, 0.05) is 58.9 Å². The minimum atomic E-state index is -3.06. The zero-order valence-electron chi connectivity index (χ0n) is 14.8. The Bertz CT molecular complexity index is 464. The Morgan fingerprint density at radius 1 is 0.885 bits per heavy atom. The first-order chi connectivity index (χ1) is 12.2. The van der Waals surface area contributed by atoms with Crippen molar-refractivity contribution < 1.29 is 34.8 Å². The predicted octanol–water partition coefficient (Wildman–Crippen LogP) is -2.84. The molecular formula is C15H28N4O7. The van der Waals surface area contributed by atoms with E-state index in [0.717, 1.165) is 4.90 Å². The Balaban J connectivity index is 3.09. The monoisotopic (exact) mass is 376 g/mol. The highest BCUT2D eigenvalue weighted by Gasteiger charge is 2.59. The maximum atomic E-state index is 11.7. The van der Waals surface area contributed by atoms with Crippen LogP contribution in [0.4, 0.5) is 0 Å². The lowest BCUT2D eigenvalue weighted by Gasteiger charge is -2.36. The van der Waals surface area contributed by atoms with Gasteiger partial charge < -0.3 is 31.1 Å². The third-order valence-electron chi connectivity index (χ3n) is 4.25. The van der Waals surface area contributed by atoms with Gasteiger partial charge >= 0.3 is 23.4 Å². The standard InChI is InChI=1S/C15H28N4O7/c1-11(20)10-18-6-4-16-2-3-17-5-7-19(9-8-18)15(12(21)22,13(23)24)14(25)26/h11,16-17,20H,2-10H2,1H3,(H,21,22)(H,23,24)(H,25,26). The molecular weight excluding hydrogens is 348 g/mol. The van der Waals surface area contributed by atoms with Crippen LogP contribution in [-0.4, -0.2) is 119 Å². The van der Waals surface area contributed by atoms with Crippen molar-refractivity contribution in [2.24, 2.45) is 0 Å². The Morgan fingerprint density at radius 2 is 1.38 bits per heavy atom. The van der Waals surface area contributed by atoms with Gasteiger partial charge in [0.25, 0.3) is 0 Å². The van der Waals surface area contributed by atoms with Crippen molar-refractivity contribution in [2.75, 3.05) is 58.9 Å². The molecule has 1 aliphatic rings. The molecule has 0 aromatic carbocycles. The lowest BCUT2D eigenvalue weighted by atomic mass is 9.97. The van der Waals surface area contributed by atoms with Gasteiger partial charge in [-0.25, -0.2) is 14.4 Å². The summed E-state index contributed by atoms with van der Waals surface area (Å²) in [5.74, 6) is -5.81. The molecule has 0 aliphatic carbocycles. The van der Waals surface area contributed by atoms with E-state index in [-0.39, 0.29) is 26.2 Å². The first-order valence-electron chi connectivity index (χ1n) is 8.50. The molecule has 0 spiro atoms. The molecule has 26 heavy (non-hydrogen) atoms. The van der Waals surface area contributed by atoms with Crippen molar-refractivity contribution >= 4 is 17.9 Å². The second-order valence-electron chi connectivity index (χ2n) is 6.26. The Hall–Kier alpha value is -1.79. The van der Waals surface area contributed by atoms with Crippen LogP contribution in [0.15, 0.2) is 0 Å². The van der Waals surface area contributed by atoms with Crippen LogP contribution in [0.25, 0.3) is 0 Å². The summed E-state index contributed by atoms with van der Waals surface area (Å²) in [7, 11) is 0. The van der Waals surface area contributed by atoms with Gasteiger partial charge in [-0.15, -0.1) is 0 Å². The van der Waals surface area contributed by atoms with Crippen molar-refractivity contribution in [1.82, 2.24) is 20.4 Å². The van der Waals surface area contributed by atoms with Crippen molar-refractivity contribution in [1.29, 1.82) is 0 Å². The van der Waals surface area contributed by atoms with E-state index in [1.807, 2.05) is 4.90 Å². The van der Waals surface area contributed by atoms with Crippen LogP contribution in [0.2, 0.25) is 0 Å². The van der Waals surface area contributed by atoms with Crippen LogP contribution in [0.5, 0.6) is 0 Å². The van der Waals surface area contributed by atoms with Crippen molar-refractivity contribution in [3.05, 3.63) is 0 Å². The molecule has 11 nitrogen and oxygen atoms in total. The molecule has 0 aromatic rings. The number of aliphatic hydroxyl groups is 1. The molecule has 11 heteroatoms. The Kier molecular flexibility index (Phi) is 8.88. The van der Waals surface area contributed by atoms with E-state index in [4.69, 9.17) is 0 Å². The van der Waals surface area contributed by atoms with Gasteiger partial charge in [0.2, 0.25) is 0 Å². The molecule has 1 saturated heterocycles. The summed E-state index contributed by atoms with van der Waals surface area (Å²) in [6, 6.07) is 0. The summed E-state index contributed by atoms with van der Waals surface area (Å²) in [5, 5.41) is 44.2. The number of rotatable bonds is 6. The topological polar surface area (TPSA) is 163 Å². The summed E-state index contributed by atoms with van der Waals surface area (Å²) >= 11 is 0. The Morgan fingerprint density at radius 3 is 1.85 bits per heavy atom. The minimum absolute atomic E-state index is 0.0621. The van der Waals surface area contributed by atoms with Crippen molar-refractivity contribution in [3.8, 4) is 0 Å². The maximum absolute atomic E-state index is 11.7. The summed E-state index contributed by atoms with van der Waals surface area (Å²) < 4.78 is 0. The van der Waals surface area contributed by atoms with E-state index in [2.05, 4.69) is 10.6 Å². The zero-order valence-corrected chi connectivity index (χ0v) is 14.8. The molecule has 1 fully saturated rings. The third-order valence-corrected chi connectivity index (χ3v) is 4.25. The first-order valence-corrected chi connectivity index (χ1v) is 8.50. The fourth-order valence-electron chi connectivity index (χ4n) is 2.94. The van der Waals surface area contributed by atoms with Crippen LogP contribution >= 0.6 is 0 Å². The number of nitrogens with zero attached hydrogens (tertiary/aromatic N) is 2. The van der Waals surface area contributed by atoms with Crippen molar-refractivity contribution in [2.45, 2.75) is 18.6 Å². The van der Waals surface area contributed by atoms with E-state index in [1.165, 1.54) is 0 Å². The first kappa shape index (κ1) is 22.3. The number of β-amino-alcohol motifs (C(OH)–C–C–N with tert-alkyl or cyclic N) is 1. The van der Waals surface area contributed by atoms with Gasteiger partial charge in [-0.2, -0.15) is 0 Å². The van der Waals surface area contributed by atoms with Crippen LogP contribution in [0, 0.1) is 0 Å². The van der Waals surface area contributed by atoms with Gasteiger partial charge in [-0.05, 0) is 6.92 Å². The van der Waals surface area contributed by atoms with E-state index in [1.54, 1.807) is 6.92 Å². The second kappa shape index (κ2) is 10.4. The SMILES string of the molecule is CC(O)CN1CCNCCNCCN(C(C(=O)O)(C(=O)O)C(=O)O)CC1. The smallest absolute Gasteiger partial charge is 0.347 e. The molecule has 0 bridgehead atoms. The normalized spacial score (nSPS) is 20.5. The van der Waals surface area contributed by atoms with Gasteiger partial charge in [0.15, 0.2) is 0 Å². The number of carboxylic acids is 3. The van der Waals surface area contributed by atoms with Crippen LogP contribution < -0.4 is 10.6 Å². The number of nitrogens with one attached hydrogen (secondary N) is 2. The zero-order chi connectivity index (χ0) is 19.7. The predicted molar refractivity (Wildman–Crippen MR) is 91.1 cm³/mol. The van der Waals surface area contributed by atoms with Gasteiger partial charge in [-0.1, -0.05) is 0 Å². The number of carboxylic acid groups (broad SMARTS) is 3. The van der Waals surface area contributed by atoms with Gasteiger partial charge in [-0.3, -0.25) is 9.80 Å². The lowest BCUT2D eigenvalue weighted by molar-refractivity contribution is -0.179. The molecule has 1 atom stereocenters. The average Bonchev–Trinajstić information content (AvgIpc) is 2.50. The molecule has 0 aromatic heterocycles. The number of hydrogen-bond acceptors (Lipinski definition) is 8. The summed E-state index contributed by atoms with van der Waals surface area (Å²) in [4.78, 5) is 37.8. The van der Waals surface area contributed by atoms with Crippen LogP contribution in [-0.2, 0) is 14.4 Å². The highest BCUT2D eigenvalue weighted by Crippen LogP contribution is 2.18. The number of aliphatic hydroxyl groups excluding tert-OH is 1. The molecule has 0 radical (unpaired) electrons. The van der Waals surface area contributed by atoms with Crippen LogP contribution in [0.3, 0.4) is 0 Å². The largest absolute Gasteiger partial charge is 0.479 e. The van der Waals surface area contributed by atoms with E-state index in [0.29, 0.717) is 32.7 Å². The number of hydrogen-bond donors (Lipinski definition) is 6. The molecule has 0 saturated carbocycles. The third kappa shape index (κ3) is 5.61. The molecule has 0 amide bonds. The van der Waals surface area contributed by atoms with Gasteiger partial charge in [0.05, 0.1) is 6.10 Å². The number of aliphatic carboxylic acids is 3. The highest BCUT2D eigenvalue weighted by atomic mass is 16.4. The lowest BCUT2D eigenvalue weighted by Crippen LogP contribution is -2.67. The van der Waals surface area contributed by atoms with Gasteiger partial charge in [0.1, 0.15) is 0 Å². The summed E-state index contributed by atoms with van der Waals surface area (Å²) in [6.45, 7) is 4.67. The van der Waals surface area contributed by atoms with E-state index < -0.39 is 29.6 Å². The summed E-state index contributed by atoms with van der Waals surface area (Å²) in [5.41, 5.74) is -3.06. The second-order valence-corrected chi connectivity index (χ2v) is 6.26. The van der Waals surface area contributed by atoms with Crippen LogP contribution in [0.1, 0.15) is 6.92 Å². The fraction of sp³-hybridized carbons (Fsp3) is 0.800. The summed E-state index contributed by atoms with van der Waals surface area (Å²) in [6.07, 6.45) is -0.624. The molecule has 1 rings (SSSR count). The molecule has 1 heterocycles. The Labute approximate surface area is 151 Å². The molecule has 1 aliphatic heterocycles. The van der Waals surface area contributed by atoms with E-state index in [9.17, 15) is 34.8 Å². The average molecular weight is 376 g/mol. The number of carbonyl (C=O) groups is 3. The van der Waals surface area contributed by atoms with E-state index >= 15 is 0 Å². The molecule has 150 valence electrons.